The topological polar surface area (TPSA) is 124 Å². The molecule has 5 rings (SSSR count). The third kappa shape index (κ3) is 3.29. The molecule has 0 N–H and O–H groups in total. The number of rotatable bonds is 4. The zero-order valence-corrected chi connectivity index (χ0v) is 17.9. The maximum absolute atomic E-state index is 11.3. The van der Waals surface area contributed by atoms with Gasteiger partial charge in [-0.15, -0.1) is 0 Å². The zero-order valence-electron chi connectivity index (χ0n) is 17.9. The Morgan fingerprint density at radius 1 is 1.19 bits per heavy atom. The Kier molecular flexibility index (Phi) is 4.57. The summed E-state index contributed by atoms with van der Waals surface area (Å²) < 4.78 is 30.7. The minimum atomic E-state index is -0.793. The minimum Gasteiger partial charge on any atom is -0.463 e. The van der Waals surface area contributed by atoms with Crippen molar-refractivity contribution in [2.45, 2.75) is 64.9 Å². The summed E-state index contributed by atoms with van der Waals surface area (Å²) in [7, 11) is 0. The molecule has 0 aliphatic carbocycles. The summed E-state index contributed by atoms with van der Waals surface area (Å²) in [5.41, 5.74) is 3.32. The van der Waals surface area contributed by atoms with E-state index in [1.54, 1.807) is 10.9 Å². The number of aryl methyl sites for hydroxylation is 2. The van der Waals surface area contributed by atoms with Gasteiger partial charge in [-0.1, -0.05) is 5.16 Å². The second kappa shape index (κ2) is 7.08. The van der Waals surface area contributed by atoms with Crippen LogP contribution in [-0.4, -0.2) is 61.4 Å². The molecule has 0 bridgehead atoms. The highest BCUT2D eigenvalue weighted by Crippen LogP contribution is 2.44. The molecule has 0 radical (unpaired) electrons. The zero-order chi connectivity index (χ0) is 21.9. The monoisotopic (exact) mass is 429 g/mol. The molecular weight excluding hydrogens is 406 g/mol. The summed E-state index contributed by atoms with van der Waals surface area (Å²) in [5.74, 6) is -0.523. The first kappa shape index (κ1) is 20.0. The van der Waals surface area contributed by atoms with Gasteiger partial charge >= 0.3 is 5.97 Å². The van der Waals surface area contributed by atoms with Crippen LogP contribution in [0.25, 0.3) is 22.4 Å². The Hall–Kier alpha value is -2.89. The summed E-state index contributed by atoms with van der Waals surface area (Å²) in [6, 6.07) is 0. The summed E-state index contributed by atoms with van der Waals surface area (Å²) in [6.07, 6.45) is 1.24. The van der Waals surface area contributed by atoms with Crippen LogP contribution in [0.5, 0.6) is 0 Å². The molecule has 2 saturated heterocycles. The lowest BCUT2D eigenvalue weighted by molar-refractivity contribution is -0.201. The molecule has 2 fully saturated rings. The van der Waals surface area contributed by atoms with Gasteiger partial charge in [-0.2, -0.15) is 0 Å². The van der Waals surface area contributed by atoms with Crippen molar-refractivity contribution < 1.29 is 28.3 Å². The molecule has 4 atom stereocenters. The Morgan fingerprint density at radius 2 is 1.97 bits per heavy atom. The molecule has 5 heterocycles. The van der Waals surface area contributed by atoms with Gasteiger partial charge in [0.25, 0.3) is 0 Å². The number of nitrogens with zero attached hydrogens (tertiary/aromatic N) is 5. The van der Waals surface area contributed by atoms with Gasteiger partial charge in [-0.05, 0) is 27.7 Å². The van der Waals surface area contributed by atoms with Crippen LogP contribution in [0.2, 0.25) is 0 Å². The second-order valence-electron chi connectivity index (χ2n) is 8.18. The van der Waals surface area contributed by atoms with Gasteiger partial charge < -0.3 is 23.5 Å². The van der Waals surface area contributed by atoms with E-state index in [0.29, 0.717) is 22.6 Å². The SMILES string of the molecule is CC(=O)OC[C@H]1O[C@@H](n2cnc3c(-c4c(C)noc4C)ncnc32)[C@@H]2OC(C)(C)O[C@@H]21. The van der Waals surface area contributed by atoms with E-state index < -0.39 is 30.3 Å². The van der Waals surface area contributed by atoms with Crippen LogP contribution >= 0.6 is 0 Å². The third-order valence-corrected chi connectivity index (χ3v) is 5.48. The molecular formula is C20H23N5O6. The first-order valence-corrected chi connectivity index (χ1v) is 10.0. The fourth-order valence-electron chi connectivity index (χ4n) is 4.26. The molecule has 0 saturated carbocycles. The molecule has 0 aromatic carbocycles. The van der Waals surface area contributed by atoms with E-state index in [1.165, 1.54) is 13.3 Å². The largest absolute Gasteiger partial charge is 0.463 e. The molecule has 31 heavy (non-hydrogen) atoms. The lowest BCUT2D eigenvalue weighted by Crippen LogP contribution is -2.33. The molecule has 3 aromatic rings. The van der Waals surface area contributed by atoms with Crippen molar-refractivity contribution in [1.82, 2.24) is 24.7 Å². The normalized spacial score (nSPS) is 27.0. The molecule has 164 valence electrons. The number of carbonyl (C=O) groups is 1. The lowest BCUT2D eigenvalue weighted by Gasteiger charge is -2.24. The number of fused-ring (bicyclic) bond motifs is 2. The van der Waals surface area contributed by atoms with E-state index in [1.807, 2.05) is 27.7 Å². The van der Waals surface area contributed by atoms with Crippen molar-refractivity contribution in [3.8, 4) is 11.3 Å². The molecule has 0 amide bonds. The van der Waals surface area contributed by atoms with Crippen molar-refractivity contribution >= 4 is 17.1 Å². The summed E-state index contributed by atoms with van der Waals surface area (Å²) in [4.78, 5) is 24.7. The van der Waals surface area contributed by atoms with Crippen molar-refractivity contribution in [2.75, 3.05) is 6.61 Å². The van der Waals surface area contributed by atoms with E-state index in [0.717, 1.165) is 11.3 Å². The highest BCUT2D eigenvalue weighted by Gasteiger charge is 2.56. The average molecular weight is 429 g/mol. The highest BCUT2D eigenvalue weighted by atomic mass is 16.8. The van der Waals surface area contributed by atoms with E-state index in [4.69, 9.17) is 23.5 Å². The average Bonchev–Trinajstić information content (AvgIpc) is 3.42. The first-order chi connectivity index (χ1) is 14.7. The number of aromatic nitrogens is 5. The van der Waals surface area contributed by atoms with E-state index in [-0.39, 0.29) is 12.6 Å². The van der Waals surface area contributed by atoms with Gasteiger partial charge in [-0.25, -0.2) is 15.0 Å². The van der Waals surface area contributed by atoms with E-state index >= 15 is 0 Å². The molecule has 0 spiro atoms. The summed E-state index contributed by atoms with van der Waals surface area (Å²) in [5, 5.41) is 4.02. The van der Waals surface area contributed by atoms with Crippen molar-refractivity contribution in [3.63, 3.8) is 0 Å². The van der Waals surface area contributed by atoms with Crippen LogP contribution in [0.4, 0.5) is 0 Å². The van der Waals surface area contributed by atoms with E-state index in [9.17, 15) is 4.79 Å². The summed E-state index contributed by atoms with van der Waals surface area (Å²) in [6.45, 7) is 8.79. The molecule has 11 heteroatoms. The molecule has 0 unspecified atom stereocenters. The van der Waals surface area contributed by atoms with Crippen LogP contribution in [0, 0.1) is 13.8 Å². The fourth-order valence-corrected chi connectivity index (χ4v) is 4.26. The maximum atomic E-state index is 11.3. The lowest BCUT2D eigenvalue weighted by atomic mass is 10.1. The van der Waals surface area contributed by atoms with Crippen LogP contribution in [-0.2, 0) is 23.7 Å². The number of imidazole rings is 1. The van der Waals surface area contributed by atoms with Gasteiger partial charge in [0.2, 0.25) is 0 Å². The van der Waals surface area contributed by atoms with Gasteiger partial charge in [0, 0.05) is 6.92 Å². The maximum Gasteiger partial charge on any atom is 0.302 e. The first-order valence-electron chi connectivity index (χ1n) is 10.0. The van der Waals surface area contributed by atoms with Crippen LogP contribution in [0.1, 0.15) is 38.5 Å². The third-order valence-electron chi connectivity index (χ3n) is 5.48. The Bertz CT molecular complexity index is 1130. The van der Waals surface area contributed by atoms with Crippen molar-refractivity contribution in [1.29, 1.82) is 0 Å². The number of esters is 1. The van der Waals surface area contributed by atoms with Gasteiger partial charge in [0.05, 0.1) is 17.6 Å². The number of hydrogen-bond acceptors (Lipinski definition) is 10. The van der Waals surface area contributed by atoms with E-state index in [2.05, 4.69) is 20.1 Å². The van der Waals surface area contributed by atoms with Gasteiger partial charge in [0.15, 0.2) is 17.7 Å². The summed E-state index contributed by atoms with van der Waals surface area (Å²) >= 11 is 0. The predicted molar refractivity (Wildman–Crippen MR) is 105 cm³/mol. The number of ether oxygens (including phenoxy) is 4. The van der Waals surface area contributed by atoms with Gasteiger partial charge in [-0.3, -0.25) is 9.36 Å². The Morgan fingerprint density at radius 3 is 2.68 bits per heavy atom. The predicted octanol–water partition coefficient (Wildman–Crippen LogP) is 2.08. The molecule has 3 aromatic heterocycles. The van der Waals surface area contributed by atoms with Crippen LogP contribution in [0.15, 0.2) is 17.2 Å². The van der Waals surface area contributed by atoms with Gasteiger partial charge in [0.1, 0.15) is 48.2 Å². The minimum absolute atomic E-state index is 0.0678. The van der Waals surface area contributed by atoms with Crippen LogP contribution in [0.3, 0.4) is 0 Å². The Balaban J connectivity index is 1.55. The van der Waals surface area contributed by atoms with Crippen LogP contribution < -0.4 is 0 Å². The number of hydrogen-bond donors (Lipinski definition) is 0. The standard InChI is InChI=1S/C20H23N5O6/c1-9-13(10(2)31-24-9)14-15-18(22-7-21-14)25(8-23-15)19-17-16(29-20(4,5)30-17)12(28-19)6-27-11(3)26/h7-8,12,16-17,19H,6H2,1-5H3/t12-,16-,17-,19-/m1/s1. The molecule has 11 nitrogen and oxygen atoms in total. The van der Waals surface area contributed by atoms with Crippen molar-refractivity contribution in [3.05, 3.63) is 24.1 Å². The highest BCUT2D eigenvalue weighted by molar-refractivity contribution is 5.88. The van der Waals surface area contributed by atoms with Crippen molar-refractivity contribution in [2.24, 2.45) is 0 Å². The smallest absolute Gasteiger partial charge is 0.302 e. The molecule has 2 aliphatic heterocycles. The second-order valence-corrected chi connectivity index (χ2v) is 8.18. The fraction of sp³-hybridized carbons (Fsp3) is 0.550. The quantitative estimate of drug-likeness (QED) is 0.569. The number of carbonyl (C=O) groups excluding carboxylic acids is 1. The molecule has 2 aliphatic rings. The Labute approximate surface area is 177 Å².